The number of carbonyl (C=O) groups excluding carboxylic acids is 1. The third-order valence-corrected chi connectivity index (χ3v) is 3.61. The van der Waals surface area contributed by atoms with Crippen molar-refractivity contribution in [1.29, 1.82) is 0 Å². The molecule has 0 radical (unpaired) electrons. The van der Waals surface area contributed by atoms with Gasteiger partial charge in [0, 0.05) is 6.54 Å². The first kappa shape index (κ1) is 11.0. The van der Waals surface area contributed by atoms with Gasteiger partial charge in [0.15, 0.2) is 0 Å². The van der Waals surface area contributed by atoms with Gasteiger partial charge in [0.05, 0.1) is 11.5 Å². The van der Waals surface area contributed by atoms with Crippen LogP contribution in [-0.2, 0) is 9.53 Å². The molecule has 2 rings (SSSR count). The Labute approximate surface area is 93.7 Å². The molecule has 0 aromatic rings. The highest BCUT2D eigenvalue weighted by Crippen LogP contribution is 2.51. The van der Waals surface area contributed by atoms with Crippen molar-refractivity contribution < 1.29 is 19.4 Å². The highest BCUT2D eigenvalue weighted by molar-refractivity contribution is 5.80. The average Bonchev–Trinajstić information content (AvgIpc) is 2.09. The molecule has 0 aromatic heterocycles. The standard InChI is InChI=1S/C11H15NO4/c1-2-6-16-10(15)12-7-8(9(13)14)11(12)4-3-5-11/h2,8H,1,3-7H2,(H,13,14). The number of hydrogen-bond donors (Lipinski definition) is 1. The zero-order valence-electron chi connectivity index (χ0n) is 9.02. The second-order valence-electron chi connectivity index (χ2n) is 4.32. The molecule has 1 aliphatic heterocycles. The van der Waals surface area contributed by atoms with Gasteiger partial charge in [0.25, 0.3) is 0 Å². The van der Waals surface area contributed by atoms with Gasteiger partial charge in [-0.25, -0.2) is 4.79 Å². The fourth-order valence-electron chi connectivity index (χ4n) is 2.54. The van der Waals surface area contributed by atoms with Gasteiger partial charge >= 0.3 is 12.1 Å². The van der Waals surface area contributed by atoms with Crippen LogP contribution in [-0.4, -0.2) is 40.8 Å². The Kier molecular flexibility index (Phi) is 2.61. The first-order valence-electron chi connectivity index (χ1n) is 5.40. The maximum Gasteiger partial charge on any atom is 0.410 e. The van der Waals surface area contributed by atoms with Gasteiger partial charge in [-0.3, -0.25) is 4.79 Å². The van der Waals surface area contributed by atoms with Crippen molar-refractivity contribution in [3.05, 3.63) is 12.7 Å². The van der Waals surface area contributed by atoms with Crippen LogP contribution in [0.15, 0.2) is 12.7 Å². The topological polar surface area (TPSA) is 66.8 Å². The SMILES string of the molecule is C=CCOC(=O)N1CC(C(=O)O)C12CCC2. The number of ether oxygens (including phenoxy) is 1. The van der Waals surface area contributed by atoms with E-state index >= 15 is 0 Å². The van der Waals surface area contributed by atoms with Crippen LogP contribution in [0.1, 0.15) is 19.3 Å². The lowest BCUT2D eigenvalue weighted by Gasteiger charge is -2.61. The molecule has 0 aromatic carbocycles. The van der Waals surface area contributed by atoms with Crippen molar-refractivity contribution in [3.8, 4) is 0 Å². The lowest BCUT2D eigenvalue weighted by molar-refractivity contribution is -0.171. The fraction of sp³-hybridized carbons (Fsp3) is 0.636. The normalized spacial score (nSPS) is 25.5. The number of carboxylic acids is 1. The minimum Gasteiger partial charge on any atom is -0.481 e. The molecule has 16 heavy (non-hydrogen) atoms. The van der Waals surface area contributed by atoms with E-state index in [1.807, 2.05) is 0 Å². The highest BCUT2D eigenvalue weighted by Gasteiger charge is 2.62. The second kappa shape index (κ2) is 3.81. The molecular weight excluding hydrogens is 210 g/mol. The third-order valence-electron chi connectivity index (χ3n) is 3.61. The predicted octanol–water partition coefficient (Wildman–Crippen LogP) is 1.25. The Balaban J connectivity index is 2.00. The number of carboxylic acid groups (broad SMARTS) is 1. The molecule has 1 saturated heterocycles. The van der Waals surface area contributed by atoms with Crippen molar-refractivity contribution in [1.82, 2.24) is 4.90 Å². The zero-order valence-corrected chi connectivity index (χ0v) is 9.02. The summed E-state index contributed by atoms with van der Waals surface area (Å²) in [6.07, 6.45) is 3.60. The van der Waals surface area contributed by atoms with E-state index in [1.54, 1.807) is 4.90 Å². The Hall–Kier alpha value is -1.52. The number of nitrogens with zero attached hydrogens (tertiary/aromatic N) is 1. The predicted molar refractivity (Wildman–Crippen MR) is 56.0 cm³/mol. The van der Waals surface area contributed by atoms with Crippen LogP contribution in [0.2, 0.25) is 0 Å². The van der Waals surface area contributed by atoms with E-state index in [4.69, 9.17) is 9.84 Å². The van der Waals surface area contributed by atoms with Gasteiger partial charge in [-0.15, -0.1) is 0 Å². The van der Waals surface area contributed by atoms with Gasteiger partial charge in [-0.1, -0.05) is 12.7 Å². The van der Waals surface area contributed by atoms with E-state index in [1.165, 1.54) is 6.08 Å². The number of aliphatic carboxylic acids is 1. The van der Waals surface area contributed by atoms with Crippen molar-refractivity contribution in [2.75, 3.05) is 13.2 Å². The summed E-state index contributed by atoms with van der Waals surface area (Å²) in [6.45, 7) is 3.90. The number of amides is 1. The van der Waals surface area contributed by atoms with Gasteiger partial charge in [0.2, 0.25) is 0 Å². The molecule has 1 N–H and O–H groups in total. The van der Waals surface area contributed by atoms with Crippen molar-refractivity contribution in [3.63, 3.8) is 0 Å². The molecule has 1 aliphatic carbocycles. The minimum atomic E-state index is -0.813. The Morgan fingerprint density at radius 2 is 2.25 bits per heavy atom. The number of likely N-dealkylation sites (tertiary alicyclic amines) is 1. The van der Waals surface area contributed by atoms with Gasteiger partial charge in [0.1, 0.15) is 6.61 Å². The molecule has 5 heteroatoms. The number of rotatable bonds is 3. The summed E-state index contributed by atoms with van der Waals surface area (Å²) < 4.78 is 4.93. The van der Waals surface area contributed by atoms with Gasteiger partial charge in [-0.05, 0) is 19.3 Å². The summed E-state index contributed by atoms with van der Waals surface area (Å²) in [5.41, 5.74) is -0.454. The van der Waals surface area contributed by atoms with E-state index in [9.17, 15) is 9.59 Å². The van der Waals surface area contributed by atoms with E-state index in [0.717, 1.165) is 19.3 Å². The van der Waals surface area contributed by atoms with Crippen molar-refractivity contribution in [2.45, 2.75) is 24.8 Å². The summed E-state index contributed by atoms with van der Waals surface area (Å²) in [5.74, 6) is -1.23. The molecule has 88 valence electrons. The molecule has 1 heterocycles. The summed E-state index contributed by atoms with van der Waals surface area (Å²) in [4.78, 5) is 24.2. The Bertz CT molecular complexity index is 335. The van der Waals surface area contributed by atoms with Crippen LogP contribution < -0.4 is 0 Å². The third kappa shape index (κ3) is 1.38. The van der Waals surface area contributed by atoms with Crippen LogP contribution >= 0.6 is 0 Å². The molecule has 1 atom stereocenters. The molecule has 1 amide bonds. The fourth-order valence-corrected chi connectivity index (χ4v) is 2.54. The molecule has 5 nitrogen and oxygen atoms in total. The smallest absolute Gasteiger partial charge is 0.410 e. The average molecular weight is 225 g/mol. The molecule has 0 bridgehead atoms. The van der Waals surface area contributed by atoms with Crippen molar-refractivity contribution in [2.24, 2.45) is 5.92 Å². The maximum atomic E-state index is 11.6. The van der Waals surface area contributed by atoms with E-state index in [0.29, 0.717) is 0 Å². The monoisotopic (exact) mass is 225 g/mol. The molecule has 1 spiro atoms. The lowest BCUT2D eigenvalue weighted by atomic mass is 9.61. The number of carbonyl (C=O) groups is 2. The minimum absolute atomic E-state index is 0.170. The van der Waals surface area contributed by atoms with E-state index in [-0.39, 0.29) is 13.2 Å². The summed E-state index contributed by atoms with van der Waals surface area (Å²) in [5, 5.41) is 9.01. The summed E-state index contributed by atoms with van der Waals surface area (Å²) in [7, 11) is 0. The van der Waals surface area contributed by atoms with E-state index < -0.39 is 23.5 Å². The Morgan fingerprint density at radius 3 is 2.69 bits per heavy atom. The first-order valence-corrected chi connectivity index (χ1v) is 5.40. The van der Waals surface area contributed by atoms with Crippen LogP contribution in [0.25, 0.3) is 0 Å². The van der Waals surface area contributed by atoms with Gasteiger partial charge in [-0.2, -0.15) is 0 Å². The first-order chi connectivity index (χ1) is 7.62. The van der Waals surface area contributed by atoms with Crippen LogP contribution in [0.5, 0.6) is 0 Å². The lowest BCUT2D eigenvalue weighted by Crippen LogP contribution is -2.74. The van der Waals surface area contributed by atoms with Crippen molar-refractivity contribution >= 4 is 12.1 Å². The molecule has 1 unspecified atom stereocenters. The highest BCUT2D eigenvalue weighted by atomic mass is 16.6. The maximum absolute atomic E-state index is 11.6. The largest absolute Gasteiger partial charge is 0.481 e. The van der Waals surface area contributed by atoms with Crippen LogP contribution in [0, 0.1) is 5.92 Å². The molecular formula is C11H15NO4. The van der Waals surface area contributed by atoms with Crippen LogP contribution in [0.4, 0.5) is 4.79 Å². The molecule has 2 fully saturated rings. The van der Waals surface area contributed by atoms with Crippen LogP contribution in [0.3, 0.4) is 0 Å². The van der Waals surface area contributed by atoms with Gasteiger partial charge < -0.3 is 14.7 Å². The quantitative estimate of drug-likeness (QED) is 0.734. The number of hydrogen-bond acceptors (Lipinski definition) is 3. The molecule has 2 aliphatic rings. The molecule has 1 saturated carbocycles. The van der Waals surface area contributed by atoms with E-state index in [2.05, 4.69) is 6.58 Å². The summed E-state index contributed by atoms with van der Waals surface area (Å²) in [6, 6.07) is 0. The Morgan fingerprint density at radius 1 is 1.56 bits per heavy atom. The second-order valence-corrected chi connectivity index (χ2v) is 4.32. The summed E-state index contributed by atoms with van der Waals surface area (Å²) >= 11 is 0. The zero-order chi connectivity index (χ0) is 11.8.